The minimum atomic E-state index is -0.358. The fourth-order valence-corrected chi connectivity index (χ4v) is 2.48. The molecule has 1 unspecified atom stereocenters. The van der Waals surface area contributed by atoms with Gasteiger partial charge in [0.25, 0.3) is 5.91 Å². The predicted molar refractivity (Wildman–Crippen MR) is 79.6 cm³/mol. The number of nitrogens with zero attached hydrogens (tertiary/aromatic N) is 1. The Morgan fingerprint density at radius 2 is 2.14 bits per heavy atom. The third-order valence-corrected chi connectivity index (χ3v) is 4.10. The molecule has 5 heteroatoms. The molecule has 1 aliphatic carbocycles. The van der Waals surface area contributed by atoms with E-state index in [1.54, 1.807) is 6.07 Å². The maximum Gasteiger partial charge on any atom is 0.273 e. The van der Waals surface area contributed by atoms with Crippen LogP contribution in [0.3, 0.4) is 0 Å². The number of benzene rings is 1. The van der Waals surface area contributed by atoms with Gasteiger partial charge < -0.3 is 15.6 Å². The Bertz CT molecular complexity index is 634. The quantitative estimate of drug-likeness (QED) is 0.882. The molecule has 0 radical (unpaired) electrons. The highest BCUT2D eigenvalue weighted by Gasteiger charge is 2.42. The summed E-state index contributed by atoms with van der Waals surface area (Å²) in [5.74, 6) is 0.814. The molecule has 2 aromatic rings. The van der Waals surface area contributed by atoms with Crippen molar-refractivity contribution in [1.82, 2.24) is 10.5 Å². The number of amides is 1. The largest absolute Gasteiger partial charge is 0.355 e. The zero-order valence-electron chi connectivity index (χ0n) is 12.0. The van der Waals surface area contributed by atoms with Crippen LogP contribution in [-0.2, 0) is 0 Å². The molecule has 1 saturated carbocycles. The van der Waals surface area contributed by atoms with Gasteiger partial charge in [0.1, 0.15) is 0 Å². The van der Waals surface area contributed by atoms with Crippen molar-refractivity contribution in [1.29, 1.82) is 0 Å². The molecule has 0 spiro atoms. The Morgan fingerprint density at radius 3 is 2.76 bits per heavy atom. The van der Waals surface area contributed by atoms with Gasteiger partial charge in [-0.1, -0.05) is 35.5 Å². The number of rotatable bonds is 5. The van der Waals surface area contributed by atoms with Crippen molar-refractivity contribution in [3.8, 4) is 11.3 Å². The standard InChI is InChI=1S/C16H19N3O2/c1-16(10-17,12-7-8-12)18-15(20)13-9-14(21-19-13)11-5-3-2-4-6-11/h2-6,9,12H,7-8,10,17H2,1H3,(H,18,20). The van der Waals surface area contributed by atoms with Crippen molar-refractivity contribution in [3.63, 3.8) is 0 Å². The van der Waals surface area contributed by atoms with Crippen LogP contribution in [0.2, 0.25) is 0 Å². The van der Waals surface area contributed by atoms with Crippen LogP contribution in [0.5, 0.6) is 0 Å². The van der Waals surface area contributed by atoms with Gasteiger partial charge in [-0.3, -0.25) is 4.79 Å². The van der Waals surface area contributed by atoms with Crippen LogP contribution < -0.4 is 11.1 Å². The first kappa shape index (κ1) is 13.8. The molecule has 0 saturated heterocycles. The van der Waals surface area contributed by atoms with Crippen LogP contribution in [0.4, 0.5) is 0 Å². The number of carbonyl (C=O) groups excluding carboxylic acids is 1. The summed E-state index contributed by atoms with van der Waals surface area (Å²) in [6.45, 7) is 2.41. The second kappa shape index (κ2) is 5.33. The smallest absolute Gasteiger partial charge is 0.273 e. The first-order valence-electron chi connectivity index (χ1n) is 7.17. The zero-order valence-corrected chi connectivity index (χ0v) is 12.0. The van der Waals surface area contributed by atoms with Crippen LogP contribution in [0.1, 0.15) is 30.3 Å². The van der Waals surface area contributed by atoms with Gasteiger partial charge in [0, 0.05) is 18.2 Å². The fourth-order valence-electron chi connectivity index (χ4n) is 2.48. The second-order valence-electron chi connectivity index (χ2n) is 5.79. The van der Waals surface area contributed by atoms with Gasteiger partial charge in [-0.2, -0.15) is 0 Å². The van der Waals surface area contributed by atoms with Crippen molar-refractivity contribution in [2.75, 3.05) is 6.54 Å². The molecule has 1 aromatic heterocycles. The van der Waals surface area contributed by atoms with Gasteiger partial charge in [-0.15, -0.1) is 0 Å². The molecular formula is C16H19N3O2. The number of nitrogens with one attached hydrogen (secondary N) is 1. The van der Waals surface area contributed by atoms with E-state index in [0.717, 1.165) is 18.4 Å². The average molecular weight is 285 g/mol. The number of aromatic nitrogens is 1. The van der Waals surface area contributed by atoms with Crippen molar-refractivity contribution in [3.05, 3.63) is 42.1 Å². The van der Waals surface area contributed by atoms with E-state index in [1.165, 1.54) is 0 Å². The van der Waals surface area contributed by atoms with E-state index in [-0.39, 0.29) is 17.1 Å². The maximum absolute atomic E-state index is 12.3. The third kappa shape index (κ3) is 2.83. The SMILES string of the molecule is CC(CN)(NC(=O)c1cc(-c2ccccc2)on1)C1CC1. The normalized spacial score (nSPS) is 17.2. The lowest BCUT2D eigenvalue weighted by atomic mass is 9.96. The van der Waals surface area contributed by atoms with Gasteiger partial charge in [0.2, 0.25) is 0 Å². The summed E-state index contributed by atoms with van der Waals surface area (Å²) >= 11 is 0. The molecule has 1 amide bonds. The van der Waals surface area contributed by atoms with Gasteiger partial charge in [-0.25, -0.2) is 0 Å². The van der Waals surface area contributed by atoms with Crippen molar-refractivity contribution in [2.45, 2.75) is 25.3 Å². The molecule has 0 bridgehead atoms. The highest BCUT2D eigenvalue weighted by molar-refractivity contribution is 5.93. The van der Waals surface area contributed by atoms with E-state index in [1.807, 2.05) is 37.3 Å². The summed E-state index contributed by atoms with van der Waals surface area (Å²) in [5.41, 5.74) is 6.64. The molecule has 1 aromatic carbocycles. The van der Waals surface area contributed by atoms with Crippen LogP contribution in [-0.4, -0.2) is 23.1 Å². The summed E-state index contributed by atoms with van der Waals surface area (Å²) in [6, 6.07) is 11.2. The minimum Gasteiger partial charge on any atom is -0.355 e. The summed E-state index contributed by atoms with van der Waals surface area (Å²) < 4.78 is 5.25. The van der Waals surface area contributed by atoms with E-state index in [4.69, 9.17) is 10.3 Å². The lowest BCUT2D eigenvalue weighted by Gasteiger charge is -2.28. The highest BCUT2D eigenvalue weighted by Crippen LogP contribution is 2.39. The lowest BCUT2D eigenvalue weighted by Crippen LogP contribution is -2.53. The van der Waals surface area contributed by atoms with E-state index < -0.39 is 0 Å². The van der Waals surface area contributed by atoms with Gasteiger partial charge in [0.05, 0.1) is 5.54 Å². The molecular weight excluding hydrogens is 266 g/mol. The molecule has 3 rings (SSSR count). The van der Waals surface area contributed by atoms with E-state index in [9.17, 15) is 4.79 Å². The Morgan fingerprint density at radius 1 is 1.43 bits per heavy atom. The number of hydrogen-bond donors (Lipinski definition) is 2. The van der Waals surface area contributed by atoms with E-state index >= 15 is 0 Å². The number of nitrogens with two attached hydrogens (primary N) is 1. The molecule has 1 heterocycles. The van der Waals surface area contributed by atoms with E-state index in [0.29, 0.717) is 18.2 Å². The molecule has 3 N–H and O–H groups in total. The second-order valence-corrected chi connectivity index (χ2v) is 5.79. The summed E-state index contributed by atoms with van der Waals surface area (Å²) in [6.07, 6.45) is 2.23. The van der Waals surface area contributed by atoms with Crippen LogP contribution >= 0.6 is 0 Å². The van der Waals surface area contributed by atoms with Gasteiger partial charge >= 0.3 is 0 Å². The maximum atomic E-state index is 12.3. The van der Waals surface area contributed by atoms with Crippen LogP contribution in [0.15, 0.2) is 40.9 Å². The van der Waals surface area contributed by atoms with Gasteiger partial charge in [-0.05, 0) is 25.7 Å². The molecule has 5 nitrogen and oxygen atoms in total. The Hall–Kier alpha value is -2.14. The number of hydrogen-bond acceptors (Lipinski definition) is 4. The van der Waals surface area contributed by atoms with E-state index in [2.05, 4.69) is 10.5 Å². The molecule has 21 heavy (non-hydrogen) atoms. The Balaban J connectivity index is 1.75. The Labute approximate surface area is 123 Å². The Kier molecular flexibility index (Phi) is 3.51. The summed E-state index contributed by atoms with van der Waals surface area (Å²) in [5, 5.41) is 6.86. The lowest BCUT2D eigenvalue weighted by molar-refractivity contribution is 0.0888. The first-order chi connectivity index (χ1) is 10.1. The summed E-state index contributed by atoms with van der Waals surface area (Å²) in [7, 11) is 0. The predicted octanol–water partition coefficient (Wildman–Crippen LogP) is 2.20. The molecule has 0 aliphatic heterocycles. The van der Waals surface area contributed by atoms with Crippen molar-refractivity contribution < 1.29 is 9.32 Å². The van der Waals surface area contributed by atoms with Crippen molar-refractivity contribution >= 4 is 5.91 Å². The molecule has 110 valence electrons. The van der Waals surface area contributed by atoms with Crippen LogP contribution in [0.25, 0.3) is 11.3 Å². The van der Waals surface area contributed by atoms with Gasteiger partial charge in [0.15, 0.2) is 11.5 Å². The first-order valence-corrected chi connectivity index (χ1v) is 7.17. The molecule has 1 atom stereocenters. The van der Waals surface area contributed by atoms with Crippen molar-refractivity contribution in [2.24, 2.45) is 11.7 Å². The molecule has 1 aliphatic rings. The fraction of sp³-hybridized carbons (Fsp3) is 0.375. The molecule has 1 fully saturated rings. The number of carbonyl (C=O) groups is 1. The highest BCUT2D eigenvalue weighted by atomic mass is 16.5. The zero-order chi connectivity index (χ0) is 14.9. The average Bonchev–Trinajstić information content (AvgIpc) is 3.26. The van der Waals surface area contributed by atoms with Crippen LogP contribution in [0, 0.1) is 5.92 Å². The topological polar surface area (TPSA) is 81.1 Å². The summed E-state index contributed by atoms with van der Waals surface area (Å²) in [4.78, 5) is 12.3. The monoisotopic (exact) mass is 285 g/mol. The minimum absolute atomic E-state index is 0.235. The third-order valence-electron chi connectivity index (χ3n) is 4.10.